The maximum absolute atomic E-state index is 8.43. The SMILES string of the molecule is CCCCCC(C#N)=CN. The van der Waals surface area contributed by atoms with E-state index in [0.29, 0.717) is 5.57 Å². The predicted octanol–water partition coefficient (Wildman–Crippen LogP) is 1.93. The van der Waals surface area contributed by atoms with Crippen LogP contribution in [0.15, 0.2) is 11.8 Å². The molecule has 0 rings (SSSR count). The molecule has 2 nitrogen and oxygen atoms in total. The Morgan fingerprint density at radius 2 is 2.30 bits per heavy atom. The van der Waals surface area contributed by atoms with Gasteiger partial charge in [0.1, 0.15) is 0 Å². The highest BCUT2D eigenvalue weighted by atomic mass is 14.5. The Kier molecular flexibility index (Phi) is 5.56. The zero-order valence-electron chi connectivity index (χ0n) is 6.43. The summed E-state index contributed by atoms with van der Waals surface area (Å²) >= 11 is 0. The van der Waals surface area contributed by atoms with Crippen LogP contribution in [0.25, 0.3) is 0 Å². The van der Waals surface area contributed by atoms with E-state index in [4.69, 9.17) is 11.0 Å². The lowest BCUT2D eigenvalue weighted by molar-refractivity contribution is 0.719. The van der Waals surface area contributed by atoms with Crippen molar-refractivity contribution in [1.82, 2.24) is 0 Å². The van der Waals surface area contributed by atoms with Crippen LogP contribution in [-0.4, -0.2) is 0 Å². The molecular formula is C8H14N2. The molecular weight excluding hydrogens is 124 g/mol. The molecule has 0 aromatic carbocycles. The van der Waals surface area contributed by atoms with E-state index in [1.807, 2.05) is 6.07 Å². The van der Waals surface area contributed by atoms with Gasteiger partial charge in [-0.3, -0.25) is 0 Å². The average Bonchev–Trinajstić information content (AvgIpc) is 1.99. The van der Waals surface area contributed by atoms with Crippen LogP contribution in [0.4, 0.5) is 0 Å². The van der Waals surface area contributed by atoms with E-state index in [9.17, 15) is 0 Å². The van der Waals surface area contributed by atoms with Gasteiger partial charge in [-0.25, -0.2) is 0 Å². The third kappa shape index (κ3) is 3.96. The van der Waals surface area contributed by atoms with Crippen molar-refractivity contribution in [3.05, 3.63) is 11.8 Å². The fourth-order valence-corrected chi connectivity index (χ4v) is 0.742. The highest BCUT2D eigenvalue weighted by molar-refractivity contribution is 5.18. The van der Waals surface area contributed by atoms with Crippen LogP contribution in [0, 0.1) is 11.3 Å². The van der Waals surface area contributed by atoms with Gasteiger partial charge in [0.2, 0.25) is 0 Å². The number of unbranched alkanes of at least 4 members (excludes halogenated alkanes) is 2. The van der Waals surface area contributed by atoms with E-state index in [1.54, 1.807) is 0 Å². The smallest absolute Gasteiger partial charge is 0.0962 e. The summed E-state index contributed by atoms with van der Waals surface area (Å²) in [5.41, 5.74) is 5.88. The van der Waals surface area contributed by atoms with E-state index in [2.05, 4.69) is 6.92 Å². The fraction of sp³-hybridized carbons (Fsp3) is 0.625. The Hall–Kier alpha value is -0.970. The molecule has 0 aliphatic carbocycles. The number of nitrogens with two attached hydrogens (primary N) is 1. The van der Waals surface area contributed by atoms with Crippen LogP contribution in [0.2, 0.25) is 0 Å². The largest absolute Gasteiger partial charge is 0.404 e. The first-order chi connectivity index (χ1) is 4.85. The van der Waals surface area contributed by atoms with E-state index in [1.165, 1.54) is 19.0 Å². The maximum atomic E-state index is 8.43. The van der Waals surface area contributed by atoms with E-state index in [-0.39, 0.29) is 0 Å². The second kappa shape index (κ2) is 6.15. The van der Waals surface area contributed by atoms with Crippen LogP contribution in [0.1, 0.15) is 32.6 Å². The van der Waals surface area contributed by atoms with Crippen LogP contribution in [-0.2, 0) is 0 Å². The number of hydrogen-bond donors (Lipinski definition) is 1. The van der Waals surface area contributed by atoms with Gasteiger partial charge in [0.15, 0.2) is 0 Å². The number of allylic oxidation sites excluding steroid dienone is 1. The molecule has 0 unspecified atom stereocenters. The predicted molar refractivity (Wildman–Crippen MR) is 42.0 cm³/mol. The summed E-state index contributed by atoms with van der Waals surface area (Å²) in [6.45, 7) is 2.14. The van der Waals surface area contributed by atoms with Crippen LogP contribution in [0.5, 0.6) is 0 Å². The minimum Gasteiger partial charge on any atom is -0.404 e. The van der Waals surface area contributed by atoms with Crippen LogP contribution < -0.4 is 5.73 Å². The Labute approximate surface area is 62.3 Å². The van der Waals surface area contributed by atoms with Crippen molar-refractivity contribution in [1.29, 1.82) is 5.26 Å². The minimum absolute atomic E-state index is 0.702. The molecule has 0 aliphatic heterocycles. The summed E-state index contributed by atoms with van der Waals surface area (Å²) in [5.74, 6) is 0. The number of rotatable bonds is 4. The molecule has 0 aromatic heterocycles. The molecule has 0 saturated carbocycles. The number of hydrogen-bond acceptors (Lipinski definition) is 2. The van der Waals surface area contributed by atoms with Crippen molar-refractivity contribution in [3.63, 3.8) is 0 Å². The Balaban J connectivity index is 3.40. The monoisotopic (exact) mass is 138 g/mol. The Morgan fingerprint density at radius 1 is 1.60 bits per heavy atom. The molecule has 0 amide bonds. The van der Waals surface area contributed by atoms with Crippen molar-refractivity contribution < 1.29 is 0 Å². The first-order valence-corrected chi connectivity index (χ1v) is 3.66. The highest BCUT2D eigenvalue weighted by Crippen LogP contribution is 2.05. The molecule has 0 atom stereocenters. The van der Waals surface area contributed by atoms with Gasteiger partial charge in [0.05, 0.1) is 6.07 Å². The van der Waals surface area contributed by atoms with Gasteiger partial charge in [-0.05, 0) is 12.8 Å². The molecule has 10 heavy (non-hydrogen) atoms. The lowest BCUT2D eigenvalue weighted by Crippen LogP contribution is -1.86. The summed E-state index contributed by atoms with van der Waals surface area (Å²) in [7, 11) is 0. The molecule has 0 aliphatic rings. The molecule has 0 aromatic rings. The number of nitriles is 1. The van der Waals surface area contributed by atoms with Gasteiger partial charge in [-0.15, -0.1) is 0 Å². The van der Waals surface area contributed by atoms with E-state index >= 15 is 0 Å². The zero-order chi connectivity index (χ0) is 7.82. The Morgan fingerprint density at radius 3 is 2.70 bits per heavy atom. The third-order valence-electron chi connectivity index (χ3n) is 1.39. The molecule has 0 heterocycles. The molecule has 2 N–H and O–H groups in total. The average molecular weight is 138 g/mol. The summed E-state index contributed by atoms with van der Waals surface area (Å²) in [6.07, 6.45) is 5.67. The lowest BCUT2D eigenvalue weighted by atomic mass is 10.1. The summed E-state index contributed by atoms with van der Waals surface area (Å²) in [4.78, 5) is 0. The summed E-state index contributed by atoms with van der Waals surface area (Å²) in [6, 6.07) is 2.05. The van der Waals surface area contributed by atoms with Crippen molar-refractivity contribution >= 4 is 0 Å². The first-order valence-electron chi connectivity index (χ1n) is 3.66. The van der Waals surface area contributed by atoms with Crippen LogP contribution in [0.3, 0.4) is 0 Å². The molecule has 0 fully saturated rings. The molecule has 0 saturated heterocycles. The van der Waals surface area contributed by atoms with Crippen molar-refractivity contribution in [2.24, 2.45) is 5.73 Å². The van der Waals surface area contributed by atoms with Crippen molar-refractivity contribution in [3.8, 4) is 6.07 Å². The highest BCUT2D eigenvalue weighted by Gasteiger charge is 1.92. The van der Waals surface area contributed by atoms with Gasteiger partial charge >= 0.3 is 0 Å². The zero-order valence-corrected chi connectivity index (χ0v) is 6.43. The van der Waals surface area contributed by atoms with Gasteiger partial charge in [-0.2, -0.15) is 5.26 Å². The van der Waals surface area contributed by atoms with Crippen molar-refractivity contribution in [2.75, 3.05) is 0 Å². The second-order valence-electron chi connectivity index (χ2n) is 2.26. The fourth-order valence-electron chi connectivity index (χ4n) is 0.742. The number of nitrogens with zero attached hydrogens (tertiary/aromatic N) is 1. The summed E-state index contributed by atoms with van der Waals surface area (Å²) in [5, 5.41) is 8.43. The van der Waals surface area contributed by atoms with Gasteiger partial charge in [0, 0.05) is 11.8 Å². The minimum atomic E-state index is 0.702. The summed E-state index contributed by atoms with van der Waals surface area (Å²) < 4.78 is 0. The molecule has 56 valence electrons. The van der Waals surface area contributed by atoms with Gasteiger partial charge in [0.25, 0.3) is 0 Å². The molecule has 0 radical (unpaired) electrons. The lowest BCUT2D eigenvalue weighted by Gasteiger charge is -1.94. The van der Waals surface area contributed by atoms with Crippen LogP contribution >= 0.6 is 0 Å². The first kappa shape index (κ1) is 9.03. The standard InChI is InChI=1S/C8H14N2/c1-2-3-4-5-8(6-9)7-10/h6H,2-5,9H2,1H3. The van der Waals surface area contributed by atoms with Gasteiger partial charge in [-0.1, -0.05) is 19.8 Å². The molecule has 0 bridgehead atoms. The molecule has 2 heteroatoms. The molecule has 0 spiro atoms. The van der Waals surface area contributed by atoms with Crippen molar-refractivity contribution in [2.45, 2.75) is 32.6 Å². The second-order valence-corrected chi connectivity index (χ2v) is 2.26. The topological polar surface area (TPSA) is 49.8 Å². The quantitative estimate of drug-likeness (QED) is 0.476. The van der Waals surface area contributed by atoms with E-state index < -0.39 is 0 Å². The van der Waals surface area contributed by atoms with E-state index in [0.717, 1.165) is 12.8 Å². The third-order valence-corrected chi connectivity index (χ3v) is 1.39. The maximum Gasteiger partial charge on any atom is 0.0962 e. The normalized spacial score (nSPS) is 11.0. The van der Waals surface area contributed by atoms with Gasteiger partial charge < -0.3 is 5.73 Å². The Bertz CT molecular complexity index is 142.